The highest BCUT2D eigenvalue weighted by atomic mass is 16.2. The largest absolute Gasteiger partial charge is 0.345 e. The van der Waals surface area contributed by atoms with Gasteiger partial charge in [0.25, 0.3) is 0 Å². The summed E-state index contributed by atoms with van der Waals surface area (Å²) in [5, 5.41) is 0. The Kier molecular flexibility index (Phi) is 5.36. The van der Waals surface area contributed by atoms with E-state index in [1.807, 2.05) is 30.2 Å². The second kappa shape index (κ2) is 7.25. The quantitative estimate of drug-likeness (QED) is 0.638. The molecule has 1 aliphatic carbocycles. The molecule has 0 fully saturated rings. The van der Waals surface area contributed by atoms with Gasteiger partial charge in [-0.1, -0.05) is 42.5 Å². The zero-order chi connectivity index (χ0) is 14.4. The average molecular weight is 272 g/mol. The fraction of sp³-hybridized carbons (Fsp3) is 0.471. The number of carbonyl (C=O) groups excluding carboxylic acids is 1. The van der Waals surface area contributed by atoms with Crippen LogP contribution in [0.1, 0.15) is 24.8 Å². The van der Waals surface area contributed by atoms with E-state index in [4.69, 9.17) is 5.73 Å². The van der Waals surface area contributed by atoms with Crippen LogP contribution in [0.3, 0.4) is 0 Å². The van der Waals surface area contributed by atoms with Crippen LogP contribution < -0.4 is 5.73 Å². The molecule has 20 heavy (non-hydrogen) atoms. The number of nitrogens with zero attached hydrogens (tertiary/aromatic N) is 1. The van der Waals surface area contributed by atoms with Crippen molar-refractivity contribution >= 4 is 5.91 Å². The number of amides is 1. The maximum absolute atomic E-state index is 12.2. The Balaban J connectivity index is 1.66. The molecule has 0 bridgehead atoms. The standard InChI is InChI=1S/C17H24N2O/c1-19(17(20)15-10-11-16(18)13-15)12-6-5-9-14-7-3-2-4-8-14/h2-4,7-8,10-11,15-16H,5-6,9,12-13,18H2,1H3. The van der Waals surface area contributed by atoms with Crippen LogP contribution in [0, 0.1) is 5.92 Å². The summed E-state index contributed by atoms with van der Waals surface area (Å²) in [5.41, 5.74) is 7.16. The maximum Gasteiger partial charge on any atom is 0.229 e. The molecule has 0 saturated carbocycles. The summed E-state index contributed by atoms with van der Waals surface area (Å²) in [6.45, 7) is 0.825. The Labute approximate surface area is 121 Å². The normalized spacial score (nSPS) is 21.1. The third-order valence-corrected chi connectivity index (χ3v) is 3.86. The van der Waals surface area contributed by atoms with Crippen LogP contribution in [0.15, 0.2) is 42.5 Å². The summed E-state index contributed by atoms with van der Waals surface area (Å²) >= 11 is 0. The molecule has 2 N–H and O–H groups in total. The predicted octanol–water partition coefficient (Wildman–Crippen LogP) is 2.37. The lowest BCUT2D eigenvalue weighted by Gasteiger charge is -2.20. The maximum atomic E-state index is 12.2. The molecule has 0 heterocycles. The van der Waals surface area contributed by atoms with E-state index in [-0.39, 0.29) is 17.9 Å². The molecule has 0 saturated heterocycles. The number of carbonyl (C=O) groups is 1. The monoisotopic (exact) mass is 272 g/mol. The number of unbranched alkanes of at least 4 members (excludes halogenated alkanes) is 1. The van der Waals surface area contributed by atoms with E-state index in [0.29, 0.717) is 0 Å². The minimum absolute atomic E-state index is 0.0101. The molecule has 3 nitrogen and oxygen atoms in total. The second-order valence-corrected chi connectivity index (χ2v) is 5.59. The Morgan fingerprint density at radius 2 is 2.00 bits per heavy atom. The molecule has 3 heteroatoms. The number of nitrogens with two attached hydrogens (primary N) is 1. The second-order valence-electron chi connectivity index (χ2n) is 5.59. The molecule has 2 atom stereocenters. The minimum atomic E-state index is -0.0101. The molecule has 0 spiro atoms. The lowest BCUT2D eigenvalue weighted by molar-refractivity contribution is -0.132. The van der Waals surface area contributed by atoms with Crippen LogP contribution >= 0.6 is 0 Å². The van der Waals surface area contributed by atoms with Gasteiger partial charge in [0.05, 0.1) is 5.92 Å². The molecule has 1 amide bonds. The van der Waals surface area contributed by atoms with Gasteiger partial charge in [-0.25, -0.2) is 0 Å². The van der Waals surface area contributed by atoms with Gasteiger partial charge in [-0.15, -0.1) is 0 Å². The van der Waals surface area contributed by atoms with Crippen molar-refractivity contribution in [3.63, 3.8) is 0 Å². The first-order valence-electron chi connectivity index (χ1n) is 7.39. The van der Waals surface area contributed by atoms with Gasteiger partial charge < -0.3 is 10.6 Å². The highest BCUT2D eigenvalue weighted by Gasteiger charge is 2.24. The van der Waals surface area contributed by atoms with Gasteiger partial charge in [0.2, 0.25) is 5.91 Å². The van der Waals surface area contributed by atoms with Crippen LogP contribution in [0.4, 0.5) is 0 Å². The van der Waals surface area contributed by atoms with Gasteiger partial charge in [0.15, 0.2) is 0 Å². The Bertz CT molecular complexity index is 455. The van der Waals surface area contributed by atoms with Crippen LogP contribution in [0.2, 0.25) is 0 Å². The molecule has 1 aliphatic rings. The van der Waals surface area contributed by atoms with Crippen molar-refractivity contribution in [2.45, 2.75) is 31.7 Å². The molecule has 0 radical (unpaired) electrons. The van der Waals surface area contributed by atoms with Crippen molar-refractivity contribution in [1.29, 1.82) is 0 Å². The van der Waals surface area contributed by atoms with E-state index in [0.717, 1.165) is 32.2 Å². The van der Waals surface area contributed by atoms with Crippen LogP contribution in [-0.2, 0) is 11.2 Å². The van der Waals surface area contributed by atoms with Crippen LogP contribution in [0.5, 0.6) is 0 Å². The van der Waals surface area contributed by atoms with E-state index in [1.165, 1.54) is 5.56 Å². The van der Waals surface area contributed by atoms with Gasteiger partial charge in [0, 0.05) is 19.6 Å². The molecule has 2 rings (SSSR count). The number of hydrogen-bond acceptors (Lipinski definition) is 2. The molecular formula is C17H24N2O. The molecule has 108 valence electrons. The summed E-state index contributed by atoms with van der Waals surface area (Å²) in [6.07, 6.45) is 7.88. The predicted molar refractivity (Wildman–Crippen MR) is 82.2 cm³/mol. The van der Waals surface area contributed by atoms with Gasteiger partial charge in [-0.05, 0) is 31.2 Å². The highest BCUT2D eigenvalue weighted by molar-refractivity contribution is 5.81. The minimum Gasteiger partial charge on any atom is -0.345 e. The van der Waals surface area contributed by atoms with Crippen molar-refractivity contribution in [1.82, 2.24) is 4.90 Å². The lowest BCUT2D eigenvalue weighted by Crippen LogP contribution is -2.33. The summed E-state index contributed by atoms with van der Waals surface area (Å²) in [7, 11) is 1.89. The first-order chi connectivity index (χ1) is 9.66. The number of benzene rings is 1. The summed E-state index contributed by atoms with van der Waals surface area (Å²) in [5.74, 6) is 0.193. The fourth-order valence-electron chi connectivity index (χ4n) is 2.63. The van der Waals surface area contributed by atoms with E-state index >= 15 is 0 Å². The fourth-order valence-corrected chi connectivity index (χ4v) is 2.63. The van der Waals surface area contributed by atoms with Crippen molar-refractivity contribution in [2.75, 3.05) is 13.6 Å². The molecule has 1 aromatic rings. The molecule has 1 aromatic carbocycles. The van der Waals surface area contributed by atoms with Crippen LogP contribution in [0.25, 0.3) is 0 Å². The third-order valence-electron chi connectivity index (χ3n) is 3.86. The highest BCUT2D eigenvalue weighted by Crippen LogP contribution is 2.18. The summed E-state index contributed by atoms with van der Waals surface area (Å²) in [4.78, 5) is 14.0. The van der Waals surface area contributed by atoms with Gasteiger partial charge in [-0.2, -0.15) is 0 Å². The van der Waals surface area contributed by atoms with Gasteiger partial charge in [-0.3, -0.25) is 4.79 Å². The van der Waals surface area contributed by atoms with E-state index in [2.05, 4.69) is 24.3 Å². The molecule has 0 aliphatic heterocycles. The van der Waals surface area contributed by atoms with Crippen molar-refractivity contribution in [3.05, 3.63) is 48.0 Å². The number of hydrogen-bond donors (Lipinski definition) is 1. The summed E-state index contributed by atoms with van der Waals surface area (Å²) in [6, 6.07) is 10.5. The number of aryl methyl sites for hydroxylation is 1. The van der Waals surface area contributed by atoms with E-state index in [1.54, 1.807) is 0 Å². The first kappa shape index (κ1) is 14.8. The van der Waals surface area contributed by atoms with Crippen molar-refractivity contribution in [2.24, 2.45) is 11.7 Å². The first-order valence-corrected chi connectivity index (χ1v) is 7.39. The Morgan fingerprint density at radius 1 is 1.25 bits per heavy atom. The average Bonchev–Trinajstić information content (AvgIpc) is 2.90. The van der Waals surface area contributed by atoms with Crippen molar-refractivity contribution < 1.29 is 4.79 Å². The zero-order valence-corrected chi connectivity index (χ0v) is 12.2. The van der Waals surface area contributed by atoms with Gasteiger partial charge >= 0.3 is 0 Å². The molecule has 0 aromatic heterocycles. The van der Waals surface area contributed by atoms with Crippen LogP contribution in [-0.4, -0.2) is 30.4 Å². The molecule has 2 unspecified atom stereocenters. The zero-order valence-electron chi connectivity index (χ0n) is 12.2. The van der Waals surface area contributed by atoms with E-state index in [9.17, 15) is 4.79 Å². The van der Waals surface area contributed by atoms with E-state index < -0.39 is 0 Å². The smallest absolute Gasteiger partial charge is 0.229 e. The number of rotatable bonds is 6. The van der Waals surface area contributed by atoms with Crippen molar-refractivity contribution in [3.8, 4) is 0 Å². The topological polar surface area (TPSA) is 46.3 Å². The Hall–Kier alpha value is -1.61. The SMILES string of the molecule is CN(CCCCc1ccccc1)C(=O)C1C=CC(N)C1. The molecular weight excluding hydrogens is 248 g/mol. The third kappa shape index (κ3) is 4.20. The van der Waals surface area contributed by atoms with Gasteiger partial charge in [0.1, 0.15) is 0 Å². The summed E-state index contributed by atoms with van der Waals surface area (Å²) < 4.78 is 0. The lowest BCUT2D eigenvalue weighted by atomic mass is 10.1. The Morgan fingerprint density at radius 3 is 2.65 bits per heavy atom.